The summed E-state index contributed by atoms with van der Waals surface area (Å²) in [5, 5.41) is 22.6. The lowest BCUT2D eigenvalue weighted by Crippen LogP contribution is -2.43. The van der Waals surface area contributed by atoms with Gasteiger partial charge < -0.3 is 25.2 Å². The van der Waals surface area contributed by atoms with Gasteiger partial charge in [-0.25, -0.2) is 0 Å². The molecule has 1 saturated carbocycles. The van der Waals surface area contributed by atoms with Crippen molar-refractivity contribution < 1.29 is 19.7 Å². The van der Waals surface area contributed by atoms with Crippen LogP contribution in [0.15, 0.2) is 48.5 Å². The lowest BCUT2D eigenvalue weighted by atomic mass is 9.71. The maximum Gasteiger partial charge on any atom is 0.221 e. The molecule has 172 valence electrons. The highest BCUT2D eigenvalue weighted by molar-refractivity contribution is 5.88. The number of aromatic hydroxyl groups is 1. The summed E-state index contributed by atoms with van der Waals surface area (Å²) in [5.41, 5.74) is 0.977. The normalized spacial score (nSPS) is 20.1. The minimum absolute atomic E-state index is 0. The number of carbonyl (C=O) groups is 1. The number of ether oxygens (including phenoxy) is 1. The van der Waals surface area contributed by atoms with Crippen LogP contribution in [0, 0.1) is 5.92 Å². The van der Waals surface area contributed by atoms with Gasteiger partial charge in [0.25, 0.3) is 0 Å². The van der Waals surface area contributed by atoms with E-state index >= 15 is 0 Å². The molecule has 1 amide bonds. The predicted octanol–water partition coefficient (Wildman–Crippen LogP) is 4.41. The summed E-state index contributed by atoms with van der Waals surface area (Å²) in [7, 11) is 5.81. The van der Waals surface area contributed by atoms with Gasteiger partial charge in [-0.1, -0.05) is 25.0 Å². The molecule has 1 fully saturated rings. The third-order valence-electron chi connectivity index (χ3n) is 5.38. The summed E-state index contributed by atoms with van der Waals surface area (Å²) in [6.07, 6.45) is 4.24. The number of rotatable bonds is 5. The largest absolute Gasteiger partial charge is 0.508 e. The van der Waals surface area contributed by atoms with Crippen LogP contribution in [0.25, 0.3) is 0 Å². The second kappa shape index (κ2) is 12.5. The molecule has 31 heavy (non-hydrogen) atoms. The van der Waals surface area contributed by atoms with Gasteiger partial charge in [0.1, 0.15) is 11.5 Å². The van der Waals surface area contributed by atoms with E-state index in [1.165, 1.54) is 25.5 Å². The summed E-state index contributed by atoms with van der Waals surface area (Å²) < 4.78 is 5.29. The highest BCUT2D eigenvalue weighted by Crippen LogP contribution is 2.42. The van der Waals surface area contributed by atoms with Gasteiger partial charge in [0, 0.05) is 25.1 Å². The van der Waals surface area contributed by atoms with E-state index in [2.05, 4.69) is 24.3 Å². The van der Waals surface area contributed by atoms with E-state index in [9.17, 15) is 9.90 Å². The monoisotopic (exact) mass is 450 g/mol. The Hall–Kier alpha value is -2.28. The molecule has 0 aromatic heterocycles. The second-order valence-electron chi connectivity index (χ2n) is 8.09. The number of amides is 1. The Bertz CT molecular complexity index is 813. The van der Waals surface area contributed by atoms with Crippen molar-refractivity contribution in [2.45, 2.75) is 38.2 Å². The molecule has 0 bridgehead atoms. The lowest BCUT2D eigenvalue weighted by molar-refractivity contribution is -0.114. The third kappa shape index (κ3) is 8.05. The molecule has 0 unspecified atom stereocenters. The summed E-state index contributed by atoms with van der Waals surface area (Å²) >= 11 is 0. The van der Waals surface area contributed by atoms with E-state index in [4.69, 9.17) is 9.84 Å². The predicted molar refractivity (Wildman–Crippen MR) is 127 cm³/mol. The number of carbonyl (C=O) groups excluding carboxylic acids is 1. The van der Waals surface area contributed by atoms with Crippen LogP contribution in [0.4, 0.5) is 5.69 Å². The van der Waals surface area contributed by atoms with E-state index in [1.807, 2.05) is 24.3 Å². The quantitative estimate of drug-likeness (QED) is 0.588. The number of hydrogen-bond donors (Lipinski definition) is 3. The van der Waals surface area contributed by atoms with Crippen LogP contribution < -0.4 is 10.1 Å². The van der Waals surface area contributed by atoms with E-state index in [0.29, 0.717) is 11.6 Å². The Balaban J connectivity index is 0.000000344. The highest BCUT2D eigenvalue weighted by Gasteiger charge is 2.40. The molecule has 1 aliphatic carbocycles. The fourth-order valence-corrected chi connectivity index (χ4v) is 3.93. The van der Waals surface area contributed by atoms with Crippen molar-refractivity contribution in [3.05, 3.63) is 54.1 Å². The molecule has 0 spiro atoms. The van der Waals surface area contributed by atoms with Crippen LogP contribution in [-0.2, 0) is 10.4 Å². The van der Waals surface area contributed by atoms with Crippen LogP contribution in [-0.4, -0.2) is 48.8 Å². The zero-order chi connectivity index (χ0) is 22.1. The Morgan fingerprint density at radius 3 is 2.45 bits per heavy atom. The summed E-state index contributed by atoms with van der Waals surface area (Å²) in [6.45, 7) is 2.36. The van der Waals surface area contributed by atoms with Gasteiger partial charge in [-0.05, 0) is 68.9 Å². The zero-order valence-corrected chi connectivity index (χ0v) is 19.6. The van der Waals surface area contributed by atoms with E-state index in [1.54, 1.807) is 19.2 Å². The molecule has 7 heteroatoms. The van der Waals surface area contributed by atoms with Gasteiger partial charge in [-0.2, -0.15) is 0 Å². The van der Waals surface area contributed by atoms with Gasteiger partial charge in [-0.3, -0.25) is 4.79 Å². The SMILES string of the molecule is CC(=O)Nc1ccc(O)cc1.COc1cccc([C@@]2(O)CCCC[C@@H]2CN(C)C)c1.Cl. The first kappa shape index (κ1) is 26.8. The van der Waals surface area contributed by atoms with E-state index < -0.39 is 5.60 Å². The minimum Gasteiger partial charge on any atom is -0.508 e. The van der Waals surface area contributed by atoms with Crippen molar-refractivity contribution in [2.75, 3.05) is 33.1 Å². The third-order valence-corrected chi connectivity index (χ3v) is 5.38. The molecule has 1 aliphatic rings. The fraction of sp³-hybridized carbons (Fsp3) is 0.458. The van der Waals surface area contributed by atoms with Gasteiger partial charge in [-0.15, -0.1) is 12.4 Å². The first-order valence-corrected chi connectivity index (χ1v) is 10.3. The Labute approximate surface area is 191 Å². The first-order valence-electron chi connectivity index (χ1n) is 10.3. The van der Waals surface area contributed by atoms with Crippen molar-refractivity contribution in [2.24, 2.45) is 5.92 Å². The van der Waals surface area contributed by atoms with Gasteiger partial charge in [0.15, 0.2) is 0 Å². The number of nitrogens with one attached hydrogen (secondary N) is 1. The van der Waals surface area contributed by atoms with Crippen molar-refractivity contribution in [3.63, 3.8) is 0 Å². The molecule has 0 heterocycles. The molecule has 0 saturated heterocycles. The molecular formula is C24H35ClN2O4. The van der Waals surface area contributed by atoms with Crippen molar-refractivity contribution in [1.82, 2.24) is 4.90 Å². The van der Waals surface area contributed by atoms with Crippen LogP contribution in [0.2, 0.25) is 0 Å². The summed E-state index contributed by atoms with van der Waals surface area (Å²) in [6, 6.07) is 14.2. The number of nitrogens with zero attached hydrogens (tertiary/aromatic N) is 1. The molecule has 3 rings (SSSR count). The molecule has 2 aromatic carbocycles. The van der Waals surface area contributed by atoms with Crippen molar-refractivity contribution in [1.29, 1.82) is 0 Å². The molecule has 0 radical (unpaired) electrons. The number of anilines is 1. The molecule has 0 aliphatic heterocycles. The number of phenolic OH excluding ortho intramolecular Hbond substituents is 1. The first-order chi connectivity index (χ1) is 14.2. The maximum atomic E-state index is 11.2. The maximum absolute atomic E-state index is 11.2. The van der Waals surface area contributed by atoms with Gasteiger partial charge in [0.05, 0.1) is 12.7 Å². The van der Waals surface area contributed by atoms with Crippen LogP contribution in [0.5, 0.6) is 11.5 Å². The number of halogens is 1. The number of phenols is 1. The average molecular weight is 451 g/mol. The smallest absolute Gasteiger partial charge is 0.221 e. The topological polar surface area (TPSA) is 82.0 Å². The number of aliphatic hydroxyl groups is 1. The standard InChI is InChI=1S/C16H25NO2.C8H9NO2.ClH/c1-17(2)12-14-7-4-5-10-16(14,18)13-8-6-9-15(11-13)19-3;1-6(10)9-7-2-4-8(11)5-3-7;/h6,8-9,11,14,18H,4-5,7,10,12H2,1-3H3;2-5,11H,1H3,(H,9,10);1H/t14-,16+;;/m1../s1. The van der Waals surface area contributed by atoms with E-state index in [0.717, 1.165) is 37.1 Å². The van der Waals surface area contributed by atoms with Crippen molar-refractivity contribution >= 4 is 24.0 Å². The Morgan fingerprint density at radius 1 is 1.19 bits per heavy atom. The zero-order valence-electron chi connectivity index (χ0n) is 18.8. The van der Waals surface area contributed by atoms with Crippen LogP contribution in [0.3, 0.4) is 0 Å². The lowest BCUT2D eigenvalue weighted by Gasteiger charge is -2.41. The Morgan fingerprint density at radius 2 is 1.87 bits per heavy atom. The molecule has 6 nitrogen and oxygen atoms in total. The molecular weight excluding hydrogens is 416 g/mol. The van der Waals surface area contributed by atoms with Crippen LogP contribution >= 0.6 is 12.4 Å². The van der Waals surface area contributed by atoms with E-state index in [-0.39, 0.29) is 24.1 Å². The van der Waals surface area contributed by atoms with Gasteiger partial charge >= 0.3 is 0 Å². The minimum atomic E-state index is -0.711. The number of benzene rings is 2. The summed E-state index contributed by atoms with van der Waals surface area (Å²) in [4.78, 5) is 12.7. The van der Waals surface area contributed by atoms with Crippen LogP contribution in [0.1, 0.15) is 38.2 Å². The average Bonchev–Trinajstić information content (AvgIpc) is 2.71. The van der Waals surface area contributed by atoms with Crippen molar-refractivity contribution in [3.8, 4) is 11.5 Å². The number of methoxy groups -OCH3 is 1. The highest BCUT2D eigenvalue weighted by atomic mass is 35.5. The Kier molecular flexibility index (Phi) is 10.8. The summed E-state index contributed by atoms with van der Waals surface area (Å²) in [5.74, 6) is 1.19. The second-order valence-corrected chi connectivity index (χ2v) is 8.09. The number of hydrogen-bond acceptors (Lipinski definition) is 5. The molecule has 3 N–H and O–H groups in total. The van der Waals surface area contributed by atoms with Gasteiger partial charge in [0.2, 0.25) is 5.91 Å². The molecule has 2 atom stereocenters. The molecule has 2 aromatic rings. The fourth-order valence-electron chi connectivity index (χ4n) is 3.93.